The molecule has 1 fully saturated rings. The minimum Gasteiger partial charge on any atom is -0.394 e. The van der Waals surface area contributed by atoms with E-state index in [9.17, 15) is 33.1 Å². The molecule has 6 atom stereocenters. The highest BCUT2D eigenvalue weighted by Crippen LogP contribution is 2.30. The van der Waals surface area contributed by atoms with E-state index >= 15 is 0 Å². The van der Waals surface area contributed by atoms with Crippen molar-refractivity contribution in [3.63, 3.8) is 0 Å². The molecular weight excluding hydrogens is 450 g/mol. The first kappa shape index (κ1) is 26.7. The highest BCUT2D eigenvalue weighted by molar-refractivity contribution is 8.14. The van der Waals surface area contributed by atoms with Gasteiger partial charge >= 0.3 is 10.4 Å². The lowest BCUT2D eigenvalue weighted by Gasteiger charge is -2.39. The Kier molecular flexibility index (Phi) is 12.1. The molecule has 5 N–H and O–H groups in total. The van der Waals surface area contributed by atoms with Gasteiger partial charge in [-0.25, -0.2) is 4.28 Å². The van der Waals surface area contributed by atoms with Gasteiger partial charge in [0.2, 0.25) is 0 Å². The summed E-state index contributed by atoms with van der Waals surface area (Å²) < 4.78 is 50.7. The Morgan fingerprint density at radius 2 is 1.72 bits per heavy atom. The molecule has 14 heteroatoms. The molecule has 29 heavy (non-hydrogen) atoms. The van der Waals surface area contributed by atoms with Crippen molar-refractivity contribution in [1.29, 1.82) is 0 Å². The molecule has 1 saturated heterocycles. The average Bonchev–Trinajstić information content (AvgIpc) is 2.64. The predicted octanol–water partition coefficient (Wildman–Crippen LogP) is -0.628. The molecule has 1 aliphatic heterocycles. The fourth-order valence-electron chi connectivity index (χ4n) is 2.63. The Balaban J connectivity index is 2.64. The summed E-state index contributed by atoms with van der Waals surface area (Å²) in [6.45, 7) is -0.599. The normalized spacial score (nSPS) is 29.6. The average molecular weight is 480 g/mol. The Bertz CT molecular complexity index is 642. The molecule has 0 aromatic carbocycles. The van der Waals surface area contributed by atoms with Crippen LogP contribution in [-0.2, 0) is 30.2 Å². The lowest BCUT2D eigenvalue weighted by atomic mass is 10.0. The Hall–Kier alpha value is -0.320. The number of aliphatic hydroxyl groups excluding tert-OH is 4. The Labute approximate surface area is 176 Å². The maximum atomic E-state index is 11.0. The van der Waals surface area contributed by atoms with E-state index in [0.29, 0.717) is 12.2 Å². The van der Waals surface area contributed by atoms with Crippen LogP contribution in [0.15, 0.2) is 5.16 Å². The summed E-state index contributed by atoms with van der Waals surface area (Å²) in [5.41, 5.74) is -1.14. The largest absolute Gasteiger partial charge is 0.466 e. The third kappa shape index (κ3) is 10.5. The summed E-state index contributed by atoms with van der Waals surface area (Å²) in [6.07, 6.45) is 0.136. The number of ether oxygens (including phenoxy) is 1. The smallest absolute Gasteiger partial charge is 0.394 e. The van der Waals surface area contributed by atoms with Crippen LogP contribution < -0.4 is 0 Å². The molecular formula is C15H29NO10S3. The van der Waals surface area contributed by atoms with Crippen LogP contribution >= 0.6 is 11.8 Å². The summed E-state index contributed by atoms with van der Waals surface area (Å²) in [4.78, 5) is 0. The molecule has 172 valence electrons. The molecule has 0 amide bonds. The van der Waals surface area contributed by atoms with Crippen molar-refractivity contribution >= 4 is 38.0 Å². The van der Waals surface area contributed by atoms with Gasteiger partial charge in [0.05, 0.1) is 6.61 Å². The second-order valence-corrected chi connectivity index (χ2v) is 10.3. The van der Waals surface area contributed by atoms with Crippen molar-refractivity contribution in [3.05, 3.63) is 0 Å². The number of nitrogens with zero attached hydrogens (tertiary/aromatic N) is 1. The summed E-state index contributed by atoms with van der Waals surface area (Å²) in [7, 11) is -5.64. The number of rotatable bonds is 12. The molecule has 1 aliphatic rings. The van der Waals surface area contributed by atoms with E-state index < -0.39 is 57.7 Å². The highest BCUT2D eigenvalue weighted by atomic mass is 32.3. The van der Waals surface area contributed by atoms with Gasteiger partial charge in [-0.1, -0.05) is 36.2 Å². The van der Waals surface area contributed by atoms with E-state index in [-0.39, 0.29) is 11.5 Å². The summed E-state index contributed by atoms with van der Waals surface area (Å²) in [5.74, 6) is 0.641. The van der Waals surface area contributed by atoms with Crippen molar-refractivity contribution in [2.24, 2.45) is 5.16 Å². The molecule has 0 aliphatic carbocycles. The zero-order chi connectivity index (χ0) is 22.0. The second kappa shape index (κ2) is 13.2. The lowest BCUT2D eigenvalue weighted by molar-refractivity contribution is -0.205. The fraction of sp³-hybridized carbons (Fsp3) is 0.933. The first-order valence-electron chi connectivity index (χ1n) is 9.05. The minimum atomic E-state index is -4.82. The van der Waals surface area contributed by atoms with Gasteiger partial charge in [-0.3, -0.25) is 8.76 Å². The summed E-state index contributed by atoms with van der Waals surface area (Å²) in [5, 5.41) is 42.4. The van der Waals surface area contributed by atoms with Crippen molar-refractivity contribution in [3.8, 4) is 0 Å². The van der Waals surface area contributed by atoms with Gasteiger partial charge in [0, 0.05) is 22.8 Å². The third-order valence-electron chi connectivity index (χ3n) is 4.16. The number of unbranched alkanes of at least 4 members (excludes halogenated alkanes) is 4. The van der Waals surface area contributed by atoms with Gasteiger partial charge in [-0.2, -0.15) is 8.42 Å². The Morgan fingerprint density at radius 1 is 1.10 bits per heavy atom. The first-order chi connectivity index (χ1) is 13.5. The van der Waals surface area contributed by atoms with E-state index in [4.69, 9.17) is 9.29 Å². The van der Waals surface area contributed by atoms with Gasteiger partial charge in [0.15, 0.2) is 0 Å². The van der Waals surface area contributed by atoms with Crippen molar-refractivity contribution in [2.45, 2.75) is 68.4 Å². The van der Waals surface area contributed by atoms with Gasteiger partial charge in [0.25, 0.3) is 0 Å². The third-order valence-corrected chi connectivity index (χ3v) is 6.46. The molecule has 0 spiro atoms. The SMILES string of the molecule is CS(=O)CCCCCCC/C(=N/OS(=O)(=O)O)SC1OC(CO)C(O)C(O)C1O. The van der Waals surface area contributed by atoms with Crippen LogP contribution in [0.4, 0.5) is 0 Å². The quantitative estimate of drug-likeness (QED) is 0.0789. The number of thioether (sulfide) groups is 1. The van der Waals surface area contributed by atoms with Crippen LogP contribution in [0, 0.1) is 0 Å². The number of hydrogen-bond acceptors (Lipinski definition) is 11. The van der Waals surface area contributed by atoms with Crippen molar-refractivity contribution < 1.29 is 46.6 Å². The van der Waals surface area contributed by atoms with E-state index in [0.717, 1.165) is 37.4 Å². The fourth-order valence-corrected chi connectivity index (χ4v) is 4.58. The number of aliphatic hydroxyl groups is 4. The zero-order valence-corrected chi connectivity index (χ0v) is 18.4. The van der Waals surface area contributed by atoms with Crippen molar-refractivity contribution in [1.82, 2.24) is 0 Å². The molecule has 0 saturated carbocycles. The Morgan fingerprint density at radius 3 is 2.31 bits per heavy atom. The molecule has 0 bridgehead atoms. The topological polar surface area (TPSA) is 183 Å². The zero-order valence-electron chi connectivity index (χ0n) is 16.0. The molecule has 11 nitrogen and oxygen atoms in total. The maximum absolute atomic E-state index is 11.0. The number of oxime groups is 1. The molecule has 0 aromatic heterocycles. The molecule has 0 radical (unpaired) electrons. The van der Waals surface area contributed by atoms with Crippen LogP contribution in [0.5, 0.6) is 0 Å². The summed E-state index contributed by atoms with van der Waals surface area (Å²) >= 11 is 0.766. The molecule has 6 unspecified atom stereocenters. The first-order valence-corrected chi connectivity index (χ1v) is 13.0. The maximum Gasteiger partial charge on any atom is 0.466 e. The molecule has 1 rings (SSSR count). The van der Waals surface area contributed by atoms with Gasteiger partial charge < -0.3 is 25.2 Å². The molecule has 0 aromatic rings. The minimum absolute atomic E-state index is 0.0848. The van der Waals surface area contributed by atoms with Gasteiger partial charge in [-0.15, -0.1) is 0 Å². The number of hydrogen-bond donors (Lipinski definition) is 5. The van der Waals surface area contributed by atoms with E-state index in [1.807, 2.05) is 0 Å². The van der Waals surface area contributed by atoms with Crippen LogP contribution in [0.1, 0.15) is 38.5 Å². The van der Waals surface area contributed by atoms with E-state index in [1.165, 1.54) is 0 Å². The monoisotopic (exact) mass is 479 g/mol. The lowest BCUT2D eigenvalue weighted by Crippen LogP contribution is -2.57. The summed E-state index contributed by atoms with van der Waals surface area (Å²) in [6, 6.07) is 0. The molecule has 1 heterocycles. The standard InChI is InChI=1S/C15H29NO10S3/c1-28(21)8-6-4-2-3-5-7-11(16-26-29(22,23)24)27-15-14(20)13(19)12(18)10(9-17)25-15/h10,12-15,17-20H,2-9H2,1H3,(H,22,23,24)/b16-11-. The second-order valence-electron chi connectivity index (χ2n) is 6.60. The van der Waals surface area contributed by atoms with E-state index in [1.54, 1.807) is 6.26 Å². The highest BCUT2D eigenvalue weighted by Gasteiger charge is 2.44. The van der Waals surface area contributed by atoms with Crippen LogP contribution in [0.2, 0.25) is 0 Å². The van der Waals surface area contributed by atoms with Gasteiger partial charge in [-0.05, 0) is 19.3 Å². The van der Waals surface area contributed by atoms with Crippen LogP contribution in [-0.4, -0.2) is 91.1 Å². The van der Waals surface area contributed by atoms with Crippen LogP contribution in [0.25, 0.3) is 0 Å². The van der Waals surface area contributed by atoms with E-state index in [2.05, 4.69) is 9.44 Å². The van der Waals surface area contributed by atoms with Gasteiger partial charge in [0.1, 0.15) is 34.9 Å². The van der Waals surface area contributed by atoms with Crippen LogP contribution in [0.3, 0.4) is 0 Å². The van der Waals surface area contributed by atoms with Crippen molar-refractivity contribution in [2.75, 3.05) is 18.6 Å². The predicted molar refractivity (Wildman–Crippen MR) is 108 cm³/mol.